The minimum Gasteiger partial charge on any atom is -0.480 e. The van der Waals surface area contributed by atoms with Gasteiger partial charge in [0.25, 0.3) is 0 Å². The average Bonchev–Trinajstić information content (AvgIpc) is 3.20. The molecule has 1 N–H and O–H groups in total. The molecule has 2 unspecified atom stereocenters. The number of carboxylic acids is 1. The SMILES string of the molecule is CC(C1CC1)N(C)C(=O)N1CCOCC1C(=O)O. The Morgan fingerprint density at radius 2 is 2.11 bits per heavy atom. The number of morpholine rings is 1. The summed E-state index contributed by atoms with van der Waals surface area (Å²) in [5.41, 5.74) is 0. The Morgan fingerprint density at radius 1 is 1.44 bits per heavy atom. The molecule has 0 bridgehead atoms. The Bertz CT molecular complexity index is 343. The summed E-state index contributed by atoms with van der Waals surface area (Å²) in [7, 11) is 1.75. The summed E-state index contributed by atoms with van der Waals surface area (Å²) in [4.78, 5) is 26.5. The Hall–Kier alpha value is -1.30. The summed E-state index contributed by atoms with van der Waals surface area (Å²) in [6.07, 6.45) is 2.31. The molecule has 1 saturated heterocycles. The van der Waals surface area contributed by atoms with Crippen LogP contribution in [0.2, 0.25) is 0 Å². The molecule has 6 heteroatoms. The smallest absolute Gasteiger partial charge is 0.328 e. The predicted molar refractivity (Wildman–Crippen MR) is 64.3 cm³/mol. The molecular formula is C12H20N2O4. The first-order chi connectivity index (χ1) is 8.52. The van der Waals surface area contributed by atoms with Gasteiger partial charge in [-0.25, -0.2) is 9.59 Å². The summed E-state index contributed by atoms with van der Waals surface area (Å²) < 4.78 is 5.13. The lowest BCUT2D eigenvalue weighted by atomic mass is 10.2. The molecule has 1 aliphatic heterocycles. The number of hydrogen-bond donors (Lipinski definition) is 1. The number of carbonyl (C=O) groups is 2. The van der Waals surface area contributed by atoms with Crippen molar-refractivity contribution in [2.45, 2.75) is 31.8 Å². The van der Waals surface area contributed by atoms with E-state index in [-0.39, 0.29) is 18.7 Å². The zero-order valence-corrected chi connectivity index (χ0v) is 10.8. The highest BCUT2D eigenvalue weighted by atomic mass is 16.5. The summed E-state index contributed by atoms with van der Waals surface area (Å²) in [5, 5.41) is 9.11. The van der Waals surface area contributed by atoms with Gasteiger partial charge in [-0.05, 0) is 25.7 Å². The molecule has 2 amide bonds. The molecule has 0 spiro atoms. The second kappa shape index (κ2) is 5.14. The highest BCUT2D eigenvalue weighted by molar-refractivity contribution is 5.83. The Balaban J connectivity index is 2.02. The van der Waals surface area contributed by atoms with Crippen molar-refractivity contribution in [3.63, 3.8) is 0 Å². The third-order valence-electron chi connectivity index (χ3n) is 3.88. The van der Waals surface area contributed by atoms with Crippen LogP contribution in [0, 0.1) is 5.92 Å². The van der Waals surface area contributed by atoms with E-state index in [9.17, 15) is 9.59 Å². The molecule has 6 nitrogen and oxygen atoms in total. The van der Waals surface area contributed by atoms with Crippen molar-refractivity contribution < 1.29 is 19.4 Å². The highest BCUT2D eigenvalue weighted by Gasteiger charge is 2.38. The number of ether oxygens (including phenoxy) is 1. The second-order valence-corrected chi connectivity index (χ2v) is 5.09. The molecule has 1 saturated carbocycles. The van der Waals surface area contributed by atoms with Crippen LogP contribution in [0.5, 0.6) is 0 Å². The molecular weight excluding hydrogens is 236 g/mol. The summed E-state index contributed by atoms with van der Waals surface area (Å²) in [6.45, 7) is 2.84. The van der Waals surface area contributed by atoms with Gasteiger partial charge in [-0.3, -0.25) is 0 Å². The van der Waals surface area contributed by atoms with Crippen LogP contribution >= 0.6 is 0 Å². The average molecular weight is 256 g/mol. The summed E-state index contributed by atoms with van der Waals surface area (Å²) in [6, 6.07) is -0.889. The topological polar surface area (TPSA) is 70.1 Å². The van der Waals surface area contributed by atoms with Crippen LogP contribution in [0.4, 0.5) is 4.79 Å². The molecule has 2 rings (SSSR count). The number of aliphatic carboxylic acids is 1. The number of carbonyl (C=O) groups excluding carboxylic acids is 1. The molecule has 0 radical (unpaired) electrons. The number of urea groups is 1. The molecule has 0 aromatic carbocycles. The van der Waals surface area contributed by atoms with E-state index in [1.165, 1.54) is 4.90 Å². The molecule has 102 valence electrons. The maximum absolute atomic E-state index is 12.3. The van der Waals surface area contributed by atoms with Gasteiger partial charge in [-0.1, -0.05) is 0 Å². The number of rotatable bonds is 3. The fourth-order valence-electron chi connectivity index (χ4n) is 2.31. The molecule has 2 fully saturated rings. The van der Waals surface area contributed by atoms with Crippen LogP contribution in [0.15, 0.2) is 0 Å². The monoisotopic (exact) mass is 256 g/mol. The maximum Gasteiger partial charge on any atom is 0.328 e. The van der Waals surface area contributed by atoms with E-state index in [0.29, 0.717) is 19.1 Å². The number of carboxylic acid groups (broad SMARTS) is 1. The number of hydrogen-bond acceptors (Lipinski definition) is 3. The van der Waals surface area contributed by atoms with E-state index in [4.69, 9.17) is 9.84 Å². The molecule has 2 aliphatic rings. The molecule has 0 aromatic heterocycles. The fraction of sp³-hybridized carbons (Fsp3) is 0.833. The van der Waals surface area contributed by atoms with Gasteiger partial charge >= 0.3 is 12.0 Å². The van der Waals surface area contributed by atoms with Crippen molar-refractivity contribution in [3.05, 3.63) is 0 Å². The van der Waals surface area contributed by atoms with Crippen LogP contribution in [-0.2, 0) is 9.53 Å². The van der Waals surface area contributed by atoms with Gasteiger partial charge in [0.1, 0.15) is 0 Å². The lowest BCUT2D eigenvalue weighted by molar-refractivity contribution is -0.147. The minimum atomic E-state index is -1.00. The van der Waals surface area contributed by atoms with E-state index in [2.05, 4.69) is 0 Å². The Labute approximate surface area is 106 Å². The summed E-state index contributed by atoms with van der Waals surface area (Å²) in [5.74, 6) is -0.432. The van der Waals surface area contributed by atoms with Crippen LogP contribution < -0.4 is 0 Å². The van der Waals surface area contributed by atoms with Crippen molar-refractivity contribution in [1.29, 1.82) is 0 Å². The van der Waals surface area contributed by atoms with E-state index < -0.39 is 12.0 Å². The van der Waals surface area contributed by atoms with E-state index in [1.54, 1.807) is 11.9 Å². The fourth-order valence-corrected chi connectivity index (χ4v) is 2.31. The van der Waals surface area contributed by atoms with E-state index in [1.807, 2.05) is 6.92 Å². The first-order valence-corrected chi connectivity index (χ1v) is 6.36. The van der Waals surface area contributed by atoms with Crippen LogP contribution in [0.25, 0.3) is 0 Å². The van der Waals surface area contributed by atoms with Gasteiger partial charge in [-0.15, -0.1) is 0 Å². The van der Waals surface area contributed by atoms with Crippen LogP contribution in [0.1, 0.15) is 19.8 Å². The van der Waals surface area contributed by atoms with Gasteiger partial charge < -0.3 is 19.6 Å². The second-order valence-electron chi connectivity index (χ2n) is 5.09. The first-order valence-electron chi connectivity index (χ1n) is 6.36. The Kier molecular flexibility index (Phi) is 3.75. The van der Waals surface area contributed by atoms with Crippen molar-refractivity contribution in [1.82, 2.24) is 9.80 Å². The van der Waals surface area contributed by atoms with E-state index in [0.717, 1.165) is 12.8 Å². The van der Waals surface area contributed by atoms with Gasteiger partial charge in [-0.2, -0.15) is 0 Å². The zero-order chi connectivity index (χ0) is 13.3. The third-order valence-corrected chi connectivity index (χ3v) is 3.88. The van der Waals surface area contributed by atoms with Gasteiger partial charge in [0, 0.05) is 19.6 Å². The number of amides is 2. The lowest BCUT2D eigenvalue weighted by Gasteiger charge is -2.37. The van der Waals surface area contributed by atoms with Crippen molar-refractivity contribution in [3.8, 4) is 0 Å². The lowest BCUT2D eigenvalue weighted by Crippen LogP contribution is -2.57. The third kappa shape index (κ3) is 2.58. The standard InChI is InChI=1S/C12H20N2O4/c1-8(9-3-4-9)13(2)12(17)14-5-6-18-7-10(14)11(15)16/h8-10H,3-7H2,1-2H3,(H,15,16). The van der Waals surface area contributed by atoms with Gasteiger partial charge in [0.15, 0.2) is 6.04 Å². The normalized spacial score (nSPS) is 25.7. The molecule has 1 heterocycles. The quantitative estimate of drug-likeness (QED) is 0.803. The van der Waals surface area contributed by atoms with Crippen molar-refractivity contribution in [2.75, 3.05) is 26.8 Å². The van der Waals surface area contributed by atoms with Crippen LogP contribution in [-0.4, -0.2) is 65.8 Å². The minimum absolute atomic E-state index is 0.0761. The maximum atomic E-state index is 12.3. The first kappa shape index (κ1) is 13.1. The molecule has 1 aliphatic carbocycles. The molecule has 18 heavy (non-hydrogen) atoms. The largest absolute Gasteiger partial charge is 0.480 e. The van der Waals surface area contributed by atoms with Crippen molar-refractivity contribution in [2.24, 2.45) is 5.92 Å². The highest BCUT2D eigenvalue weighted by Crippen LogP contribution is 2.35. The Morgan fingerprint density at radius 3 is 2.67 bits per heavy atom. The summed E-state index contributed by atoms with van der Waals surface area (Å²) >= 11 is 0. The van der Waals surface area contributed by atoms with Crippen molar-refractivity contribution >= 4 is 12.0 Å². The van der Waals surface area contributed by atoms with E-state index >= 15 is 0 Å². The molecule has 2 atom stereocenters. The van der Waals surface area contributed by atoms with Crippen LogP contribution in [0.3, 0.4) is 0 Å². The van der Waals surface area contributed by atoms with Gasteiger partial charge in [0.2, 0.25) is 0 Å². The number of nitrogens with zero attached hydrogens (tertiary/aromatic N) is 2. The molecule has 0 aromatic rings. The van der Waals surface area contributed by atoms with Gasteiger partial charge in [0.05, 0.1) is 13.2 Å². The predicted octanol–water partition coefficient (Wildman–Crippen LogP) is 0.622. The zero-order valence-electron chi connectivity index (χ0n) is 10.8.